The first-order chi connectivity index (χ1) is 12.7. The Bertz CT molecular complexity index is 874. The maximum Gasteiger partial charge on any atom is 0.230 e. The van der Waals surface area contributed by atoms with Crippen molar-refractivity contribution >= 4 is 28.7 Å². The second-order valence-corrected chi connectivity index (χ2v) is 7.02. The largest absolute Gasteiger partial charge is 0.383 e. The second kappa shape index (κ2) is 8.87. The first kappa shape index (κ1) is 18.5. The highest BCUT2D eigenvalue weighted by molar-refractivity contribution is 7.99. The quantitative estimate of drug-likeness (QED) is 0.618. The van der Waals surface area contributed by atoms with Crippen molar-refractivity contribution in [2.45, 2.75) is 25.2 Å². The van der Waals surface area contributed by atoms with Gasteiger partial charge >= 0.3 is 0 Å². The van der Waals surface area contributed by atoms with Crippen LogP contribution in [-0.2, 0) is 22.6 Å². The molecule has 6 heteroatoms. The SMILES string of the molecule is COCCn1c(SCC(=O)NCc2ccc(C)cc2)nc2ccccc21. The van der Waals surface area contributed by atoms with Gasteiger partial charge in [0.1, 0.15) is 0 Å². The lowest BCUT2D eigenvalue weighted by molar-refractivity contribution is -0.118. The number of aryl methyl sites for hydroxylation is 1. The summed E-state index contributed by atoms with van der Waals surface area (Å²) in [5, 5.41) is 3.80. The van der Waals surface area contributed by atoms with Gasteiger partial charge in [0, 0.05) is 20.2 Å². The zero-order valence-corrected chi connectivity index (χ0v) is 15.9. The van der Waals surface area contributed by atoms with Crippen molar-refractivity contribution in [3.63, 3.8) is 0 Å². The average molecular weight is 369 g/mol. The fraction of sp³-hybridized carbons (Fsp3) is 0.300. The molecule has 0 aliphatic heterocycles. The van der Waals surface area contributed by atoms with Crippen molar-refractivity contribution in [1.82, 2.24) is 14.9 Å². The number of ether oxygens (including phenoxy) is 1. The van der Waals surface area contributed by atoms with E-state index in [0.717, 1.165) is 21.8 Å². The molecule has 2 aromatic carbocycles. The number of rotatable bonds is 8. The zero-order chi connectivity index (χ0) is 18.4. The van der Waals surface area contributed by atoms with E-state index in [2.05, 4.69) is 33.9 Å². The van der Waals surface area contributed by atoms with Gasteiger partial charge in [-0.15, -0.1) is 0 Å². The maximum absolute atomic E-state index is 12.2. The molecule has 0 unspecified atom stereocenters. The van der Waals surface area contributed by atoms with Crippen molar-refractivity contribution < 1.29 is 9.53 Å². The van der Waals surface area contributed by atoms with Crippen LogP contribution in [0, 0.1) is 6.92 Å². The minimum atomic E-state index is 0.000854. The van der Waals surface area contributed by atoms with Gasteiger partial charge in [-0.1, -0.05) is 53.7 Å². The molecule has 1 amide bonds. The summed E-state index contributed by atoms with van der Waals surface area (Å²) < 4.78 is 7.31. The number of carbonyl (C=O) groups excluding carboxylic acids is 1. The van der Waals surface area contributed by atoms with Gasteiger partial charge in [0.15, 0.2) is 5.16 Å². The summed E-state index contributed by atoms with van der Waals surface area (Å²) in [5.41, 5.74) is 4.31. The van der Waals surface area contributed by atoms with E-state index in [0.29, 0.717) is 25.4 Å². The topological polar surface area (TPSA) is 56.1 Å². The van der Waals surface area contributed by atoms with Crippen LogP contribution in [0.2, 0.25) is 0 Å². The number of amides is 1. The van der Waals surface area contributed by atoms with E-state index in [-0.39, 0.29) is 5.91 Å². The third-order valence-corrected chi connectivity index (χ3v) is 5.06. The van der Waals surface area contributed by atoms with Crippen molar-refractivity contribution in [2.24, 2.45) is 0 Å². The van der Waals surface area contributed by atoms with E-state index in [1.807, 2.05) is 36.4 Å². The summed E-state index contributed by atoms with van der Waals surface area (Å²) in [5.74, 6) is 0.336. The number of aromatic nitrogens is 2. The van der Waals surface area contributed by atoms with Crippen molar-refractivity contribution in [3.8, 4) is 0 Å². The fourth-order valence-corrected chi connectivity index (χ4v) is 3.52. The van der Waals surface area contributed by atoms with Crippen molar-refractivity contribution in [3.05, 3.63) is 59.7 Å². The van der Waals surface area contributed by atoms with Gasteiger partial charge in [0.05, 0.1) is 23.4 Å². The Morgan fingerprint density at radius 2 is 1.96 bits per heavy atom. The molecule has 0 bridgehead atoms. The Kier molecular flexibility index (Phi) is 6.30. The van der Waals surface area contributed by atoms with Gasteiger partial charge in [0.25, 0.3) is 0 Å². The summed E-state index contributed by atoms with van der Waals surface area (Å²) >= 11 is 1.45. The van der Waals surface area contributed by atoms with E-state index >= 15 is 0 Å². The van der Waals surface area contributed by atoms with Crippen molar-refractivity contribution in [1.29, 1.82) is 0 Å². The predicted octanol–water partition coefficient (Wildman–Crippen LogP) is 3.40. The summed E-state index contributed by atoms with van der Waals surface area (Å²) in [6.07, 6.45) is 0. The molecular formula is C20H23N3O2S. The number of hydrogen-bond donors (Lipinski definition) is 1. The Labute approximate surface area is 157 Å². The summed E-state index contributed by atoms with van der Waals surface area (Å²) in [6.45, 7) is 3.91. The first-order valence-corrected chi connectivity index (χ1v) is 9.55. The van der Waals surface area contributed by atoms with Crippen LogP contribution in [0.5, 0.6) is 0 Å². The smallest absolute Gasteiger partial charge is 0.230 e. The second-order valence-electron chi connectivity index (χ2n) is 6.08. The van der Waals surface area contributed by atoms with Crippen LogP contribution >= 0.6 is 11.8 Å². The average Bonchev–Trinajstić information content (AvgIpc) is 3.01. The fourth-order valence-electron chi connectivity index (χ4n) is 2.65. The molecule has 3 rings (SSSR count). The van der Waals surface area contributed by atoms with Crippen LogP contribution in [0.1, 0.15) is 11.1 Å². The maximum atomic E-state index is 12.2. The first-order valence-electron chi connectivity index (χ1n) is 8.56. The lowest BCUT2D eigenvalue weighted by atomic mass is 10.1. The molecule has 0 radical (unpaired) electrons. The predicted molar refractivity (Wildman–Crippen MR) is 105 cm³/mol. The highest BCUT2D eigenvalue weighted by atomic mass is 32.2. The molecule has 0 saturated carbocycles. The van der Waals surface area contributed by atoms with Crippen LogP contribution in [0.3, 0.4) is 0 Å². The molecule has 0 saturated heterocycles. The lowest BCUT2D eigenvalue weighted by Gasteiger charge is -2.09. The highest BCUT2D eigenvalue weighted by Crippen LogP contribution is 2.23. The molecule has 0 atom stereocenters. The number of nitrogens with one attached hydrogen (secondary N) is 1. The van der Waals surface area contributed by atoms with Crippen LogP contribution in [0.4, 0.5) is 0 Å². The Hall–Kier alpha value is -2.31. The number of methoxy groups -OCH3 is 1. The Balaban J connectivity index is 1.61. The molecule has 136 valence electrons. The van der Waals surface area contributed by atoms with Gasteiger partial charge in [0.2, 0.25) is 5.91 Å². The molecule has 0 aliphatic rings. The van der Waals surface area contributed by atoms with E-state index < -0.39 is 0 Å². The summed E-state index contributed by atoms with van der Waals surface area (Å²) in [4.78, 5) is 16.9. The molecule has 3 aromatic rings. The molecule has 0 aliphatic carbocycles. The van der Waals surface area contributed by atoms with E-state index in [4.69, 9.17) is 4.74 Å². The third kappa shape index (κ3) is 4.65. The summed E-state index contributed by atoms with van der Waals surface area (Å²) in [7, 11) is 1.68. The van der Waals surface area contributed by atoms with Gasteiger partial charge < -0.3 is 14.6 Å². The molecule has 26 heavy (non-hydrogen) atoms. The van der Waals surface area contributed by atoms with Crippen molar-refractivity contribution in [2.75, 3.05) is 19.5 Å². The lowest BCUT2D eigenvalue weighted by Crippen LogP contribution is -2.24. The molecule has 0 spiro atoms. The van der Waals surface area contributed by atoms with Crippen LogP contribution in [-0.4, -0.2) is 34.9 Å². The molecule has 0 fully saturated rings. The normalized spacial score (nSPS) is 11.0. The number of benzene rings is 2. The Morgan fingerprint density at radius 3 is 2.73 bits per heavy atom. The molecule has 1 heterocycles. The van der Waals surface area contributed by atoms with Gasteiger partial charge in [-0.05, 0) is 24.6 Å². The summed E-state index contributed by atoms with van der Waals surface area (Å²) in [6, 6.07) is 16.2. The minimum absolute atomic E-state index is 0.000854. The third-order valence-electron chi connectivity index (χ3n) is 4.08. The number of fused-ring (bicyclic) bond motifs is 1. The van der Waals surface area contributed by atoms with Crippen LogP contribution in [0.15, 0.2) is 53.7 Å². The number of thioether (sulfide) groups is 1. The number of carbonyl (C=O) groups is 1. The molecular weight excluding hydrogens is 346 g/mol. The minimum Gasteiger partial charge on any atom is -0.383 e. The number of imidazole rings is 1. The standard InChI is InChI=1S/C20H23N3O2S/c1-15-7-9-16(10-8-15)13-21-19(24)14-26-20-22-17-5-3-4-6-18(17)23(20)11-12-25-2/h3-10H,11-14H2,1-2H3,(H,21,24). The van der Waals surface area contributed by atoms with E-state index in [1.54, 1.807) is 7.11 Å². The van der Waals surface area contributed by atoms with Gasteiger partial charge in [-0.3, -0.25) is 4.79 Å². The highest BCUT2D eigenvalue weighted by Gasteiger charge is 2.12. The van der Waals surface area contributed by atoms with Gasteiger partial charge in [-0.25, -0.2) is 4.98 Å². The molecule has 5 nitrogen and oxygen atoms in total. The zero-order valence-electron chi connectivity index (χ0n) is 15.1. The number of hydrogen-bond acceptors (Lipinski definition) is 4. The molecule has 1 aromatic heterocycles. The number of nitrogens with zero attached hydrogens (tertiary/aromatic N) is 2. The van der Waals surface area contributed by atoms with E-state index in [9.17, 15) is 4.79 Å². The Morgan fingerprint density at radius 1 is 1.19 bits per heavy atom. The number of para-hydroxylation sites is 2. The monoisotopic (exact) mass is 369 g/mol. The van der Waals surface area contributed by atoms with Crippen LogP contribution < -0.4 is 5.32 Å². The van der Waals surface area contributed by atoms with Crippen LogP contribution in [0.25, 0.3) is 11.0 Å². The molecule has 1 N–H and O–H groups in total. The van der Waals surface area contributed by atoms with Gasteiger partial charge in [-0.2, -0.15) is 0 Å². The van der Waals surface area contributed by atoms with E-state index in [1.165, 1.54) is 17.3 Å².